The van der Waals surface area contributed by atoms with Crippen molar-refractivity contribution >= 4 is 5.97 Å². The van der Waals surface area contributed by atoms with Crippen molar-refractivity contribution in [1.29, 1.82) is 0 Å². The predicted octanol–water partition coefficient (Wildman–Crippen LogP) is 0.325. The lowest BCUT2D eigenvalue weighted by Crippen LogP contribution is -2.26. The standard InChI is InChI=1S/C8H13NO2/c1-6-3-7(6)4-9-5-8(10)11-2/h3,7,9H,4-5H2,1-2H3. The highest BCUT2D eigenvalue weighted by Gasteiger charge is 2.18. The van der Waals surface area contributed by atoms with E-state index in [1.165, 1.54) is 12.7 Å². The number of rotatable bonds is 4. The van der Waals surface area contributed by atoms with Crippen molar-refractivity contribution in [3.63, 3.8) is 0 Å². The Morgan fingerprint density at radius 2 is 2.45 bits per heavy atom. The number of hydrogen-bond acceptors (Lipinski definition) is 3. The Morgan fingerprint density at radius 3 is 2.91 bits per heavy atom. The van der Waals surface area contributed by atoms with E-state index in [4.69, 9.17) is 0 Å². The van der Waals surface area contributed by atoms with Crippen LogP contribution in [0.2, 0.25) is 0 Å². The van der Waals surface area contributed by atoms with E-state index in [0.717, 1.165) is 6.54 Å². The Balaban J connectivity index is 1.93. The summed E-state index contributed by atoms with van der Waals surface area (Å²) in [5.41, 5.74) is 1.40. The normalized spacial score (nSPS) is 20.9. The van der Waals surface area contributed by atoms with Gasteiger partial charge in [0, 0.05) is 12.5 Å². The van der Waals surface area contributed by atoms with Crippen LogP contribution in [0.1, 0.15) is 6.92 Å². The average Bonchev–Trinajstić information content (AvgIpc) is 2.66. The highest BCUT2D eigenvalue weighted by molar-refractivity contribution is 5.71. The molecular formula is C8H13NO2. The molecule has 0 radical (unpaired) electrons. The third-order valence-corrected chi connectivity index (χ3v) is 1.80. The first-order valence-corrected chi connectivity index (χ1v) is 3.70. The Labute approximate surface area is 66.4 Å². The molecule has 11 heavy (non-hydrogen) atoms. The fraction of sp³-hybridized carbons (Fsp3) is 0.625. The topological polar surface area (TPSA) is 38.3 Å². The predicted molar refractivity (Wildman–Crippen MR) is 42.1 cm³/mol. The molecule has 0 aromatic rings. The molecule has 1 atom stereocenters. The number of hydrogen-bond donors (Lipinski definition) is 1. The molecule has 0 saturated heterocycles. The molecule has 0 aromatic heterocycles. The van der Waals surface area contributed by atoms with Crippen molar-refractivity contribution in [2.45, 2.75) is 6.92 Å². The third-order valence-electron chi connectivity index (χ3n) is 1.80. The van der Waals surface area contributed by atoms with E-state index in [9.17, 15) is 4.79 Å². The molecule has 62 valence electrons. The molecule has 0 heterocycles. The summed E-state index contributed by atoms with van der Waals surface area (Å²) in [5.74, 6) is 0.378. The smallest absolute Gasteiger partial charge is 0.319 e. The van der Waals surface area contributed by atoms with Gasteiger partial charge in [-0.05, 0) is 6.92 Å². The second-order valence-electron chi connectivity index (χ2n) is 2.72. The van der Waals surface area contributed by atoms with Gasteiger partial charge in [0.1, 0.15) is 0 Å². The fourth-order valence-corrected chi connectivity index (χ4v) is 0.891. The Morgan fingerprint density at radius 1 is 1.82 bits per heavy atom. The van der Waals surface area contributed by atoms with E-state index < -0.39 is 0 Å². The first-order valence-electron chi connectivity index (χ1n) is 3.70. The van der Waals surface area contributed by atoms with E-state index in [0.29, 0.717) is 12.5 Å². The molecule has 1 aliphatic carbocycles. The van der Waals surface area contributed by atoms with Gasteiger partial charge in [-0.2, -0.15) is 0 Å². The SMILES string of the molecule is COC(=O)CNCC1C=C1C. The summed E-state index contributed by atoms with van der Waals surface area (Å²) in [4.78, 5) is 10.6. The zero-order valence-corrected chi connectivity index (χ0v) is 6.89. The largest absolute Gasteiger partial charge is 0.468 e. The van der Waals surface area contributed by atoms with Crippen LogP contribution in [0.25, 0.3) is 0 Å². The van der Waals surface area contributed by atoms with Gasteiger partial charge in [-0.15, -0.1) is 0 Å². The summed E-state index contributed by atoms with van der Waals surface area (Å²) in [6, 6.07) is 0. The molecule has 1 N–H and O–H groups in total. The van der Waals surface area contributed by atoms with Crippen LogP contribution in [0.15, 0.2) is 11.6 Å². The van der Waals surface area contributed by atoms with E-state index in [2.05, 4.69) is 23.1 Å². The summed E-state index contributed by atoms with van der Waals surface area (Å²) in [6.45, 7) is 3.26. The summed E-state index contributed by atoms with van der Waals surface area (Å²) >= 11 is 0. The van der Waals surface area contributed by atoms with Gasteiger partial charge in [-0.25, -0.2) is 0 Å². The number of carbonyl (C=O) groups is 1. The Kier molecular flexibility index (Phi) is 2.65. The second-order valence-corrected chi connectivity index (χ2v) is 2.72. The minimum atomic E-state index is -0.205. The number of nitrogens with one attached hydrogen (secondary N) is 1. The molecular weight excluding hydrogens is 142 g/mol. The number of methoxy groups -OCH3 is 1. The van der Waals surface area contributed by atoms with Crippen LogP contribution < -0.4 is 5.32 Å². The van der Waals surface area contributed by atoms with Crippen molar-refractivity contribution in [1.82, 2.24) is 5.32 Å². The maximum Gasteiger partial charge on any atom is 0.319 e. The van der Waals surface area contributed by atoms with Gasteiger partial charge in [-0.3, -0.25) is 4.79 Å². The molecule has 0 aromatic carbocycles. The van der Waals surface area contributed by atoms with Gasteiger partial charge in [0.25, 0.3) is 0 Å². The minimum absolute atomic E-state index is 0.205. The van der Waals surface area contributed by atoms with Gasteiger partial charge in [0.2, 0.25) is 0 Å². The lowest BCUT2D eigenvalue weighted by Gasteiger charge is -2.01. The lowest BCUT2D eigenvalue weighted by atomic mass is 10.3. The Hall–Kier alpha value is -0.830. The maximum atomic E-state index is 10.6. The van der Waals surface area contributed by atoms with Crippen LogP contribution >= 0.6 is 0 Å². The molecule has 0 bridgehead atoms. The molecule has 0 spiro atoms. The lowest BCUT2D eigenvalue weighted by molar-refractivity contribution is -0.139. The van der Waals surface area contributed by atoms with Crippen LogP contribution in [0, 0.1) is 5.92 Å². The van der Waals surface area contributed by atoms with Crippen LogP contribution in [-0.4, -0.2) is 26.2 Å². The molecule has 0 fully saturated rings. The highest BCUT2D eigenvalue weighted by atomic mass is 16.5. The minimum Gasteiger partial charge on any atom is -0.468 e. The summed E-state index contributed by atoms with van der Waals surface area (Å²) < 4.78 is 4.46. The van der Waals surface area contributed by atoms with Crippen LogP contribution in [0.4, 0.5) is 0 Å². The molecule has 1 rings (SSSR count). The first kappa shape index (κ1) is 8.27. The maximum absolute atomic E-state index is 10.6. The fourth-order valence-electron chi connectivity index (χ4n) is 0.891. The molecule has 1 aliphatic rings. The first-order chi connectivity index (χ1) is 5.24. The third kappa shape index (κ3) is 2.72. The van der Waals surface area contributed by atoms with E-state index in [-0.39, 0.29) is 5.97 Å². The van der Waals surface area contributed by atoms with Crippen molar-refractivity contribution in [2.75, 3.05) is 20.2 Å². The highest BCUT2D eigenvalue weighted by Crippen LogP contribution is 2.26. The molecule has 1 unspecified atom stereocenters. The number of esters is 1. The zero-order chi connectivity index (χ0) is 8.27. The Bertz CT molecular complexity index is 187. The molecule has 0 aliphatic heterocycles. The van der Waals surface area contributed by atoms with Gasteiger partial charge >= 0.3 is 5.97 Å². The molecule has 0 amide bonds. The van der Waals surface area contributed by atoms with Crippen molar-refractivity contribution in [3.05, 3.63) is 11.6 Å². The van der Waals surface area contributed by atoms with Crippen molar-refractivity contribution < 1.29 is 9.53 Å². The monoisotopic (exact) mass is 155 g/mol. The van der Waals surface area contributed by atoms with Gasteiger partial charge in [0.05, 0.1) is 13.7 Å². The van der Waals surface area contributed by atoms with Gasteiger partial charge < -0.3 is 10.1 Å². The van der Waals surface area contributed by atoms with Crippen molar-refractivity contribution in [2.24, 2.45) is 5.92 Å². The average molecular weight is 155 g/mol. The van der Waals surface area contributed by atoms with E-state index in [1.807, 2.05) is 0 Å². The summed E-state index contributed by atoms with van der Waals surface area (Å²) in [6.07, 6.45) is 2.17. The summed E-state index contributed by atoms with van der Waals surface area (Å²) in [5, 5.41) is 3.00. The number of carbonyl (C=O) groups excluding carboxylic acids is 1. The number of ether oxygens (including phenoxy) is 1. The van der Waals surface area contributed by atoms with Crippen LogP contribution in [0.5, 0.6) is 0 Å². The summed E-state index contributed by atoms with van der Waals surface area (Å²) in [7, 11) is 1.39. The molecule has 0 saturated carbocycles. The zero-order valence-electron chi connectivity index (χ0n) is 6.89. The van der Waals surface area contributed by atoms with Crippen molar-refractivity contribution in [3.8, 4) is 0 Å². The van der Waals surface area contributed by atoms with Gasteiger partial charge in [0.15, 0.2) is 0 Å². The van der Waals surface area contributed by atoms with E-state index >= 15 is 0 Å². The van der Waals surface area contributed by atoms with Crippen LogP contribution in [0.3, 0.4) is 0 Å². The quantitative estimate of drug-likeness (QED) is 0.469. The van der Waals surface area contributed by atoms with Gasteiger partial charge in [-0.1, -0.05) is 11.6 Å². The molecule has 3 heteroatoms. The van der Waals surface area contributed by atoms with E-state index in [1.54, 1.807) is 0 Å². The molecule has 3 nitrogen and oxygen atoms in total. The van der Waals surface area contributed by atoms with Crippen LogP contribution in [-0.2, 0) is 9.53 Å². The second kappa shape index (κ2) is 3.53.